The van der Waals surface area contributed by atoms with Crippen molar-refractivity contribution in [3.63, 3.8) is 0 Å². The number of hydrogen-bond acceptors (Lipinski definition) is 2. The summed E-state index contributed by atoms with van der Waals surface area (Å²) in [5.41, 5.74) is 2.21. The van der Waals surface area contributed by atoms with Crippen LogP contribution >= 0.6 is 15.9 Å². The average Bonchev–Trinajstić information content (AvgIpc) is 2.38. The van der Waals surface area contributed by atoms with E-state index in [2.05, 4.69) is 15.9 Å². The van der Waals surface area contributed by atoms with E-state index in [1.165, 1.54) is 6.07 Å². The molecule has 1 N–H and O–H groups in total. The molecule has 2 rings (SSSR count). The molecule has 0 heterocycles. The van der Waals surface area contributed by atoms with Crippen LogP contribution < -0.4 is 0 Å². The van der Waals surface area contributed by atoms with Crippen molar-refractivity contribution in [3.8, 4) is 0 Å². The summed E-state index contributed by atoms with van der Waals surface area (Å²) < 4.78 is 12.8. The van der Waals surface area contributed by atoms with E-state index in [9.17, 15) is 9.00 Å². The first-order chi connectivity index (χ1) is 9.47. The van der Waals surface area contributed by atoms with E-state index in [1.807, 2.05) is 31.2 Å². The summed E-state index contributed by atoms with van der Waals surface area (Å²) in [5.74, 6) is -0.658. The van der Waals surface area contributed by atoms with Crippen LogP contribution in [0.2, 0.25) is 0 Å². The predicted octanol–water partition coefficient (Wildman–Crippen LogP) is 3.76. The van der Waals surface area contributed by atoms with Gasteiger partial charge in [0.1, 0.15) is 0 Å². The fourth-order valence-electron chi connectivity index (χ4n) is 1.85. The van der Waals surface area contributed by atoms with Crippen LogP contribution in [0.4, 0.5) is 0 Å². The molecule has 0 aromatic heterocycles. The SMILES string of the molecule is Cc1cccc(CS(=O)c2ccc(Br)c(C(=O)O)c2)c1. The predicted molar refractivity (Wildman–Crippen MR) is 82.4 cm³/mol. The minimum absolute atomic E-state index is 0.125. The van der Waals surface area contributed by atoms with Crippen LogP contribution in [0.1, 0.15) is 21.5 Å². The normalized spacial score (nSPS) is 12.1. The van der Waals surface area contributed by atoms with Crippen molar-refractivity contribution < 1.29 is 14.1 Å². The van der Waals surface area contributed by atoms with Gasteiger partial charge in [-0.3, -0.25) is 4.21 Å². The fraction of sp³-hybridized carbons (Fsp3) is 0.133. The summed E-state index contributed by atoms with van der Waals surface area (Å²) >= 11 is 3.18. The molecule has 0 radical (unpaired) electrons. The molecule has 104 valence electrons. The molecule has 0 aliphatic heterocycles. The Labute approximate surface area is 128 Å². The van der Waals surface area contributed by atoms with Crippen LogP contribution in [0.5, 0.6) is 0 Å². The number of carboxylic acids is 1. The monoisotopic (exact) mass is 352 g/mol. The Balaban J connectivity index is 2.26. The molecule has 0 bridgehead atoms. The van der Waals surface area contributed by atoms with E-state index in [-0.39, 0.29) is 5.56 Å². The third kappa shape index (κ3) is 3.55. The van der Waals surface area contributed by atoms with Gasteiger partial charge in [-0.2, -0.15) is 0 Å². The first kappa shape index (κ1) is 14.9. The first-order valence-electron chi connectivity index (χ1n) is 5.94. The summed E-state index contributed by atoms with van der Waals surface area (Å²) in [5, 5.41) is 9.07. The zero-order valence-electron chi connectivity index (χ0n) is 10.8. The lowest BCUT2D eigenvalue weighted by Crippen LogP contribution is -2.02. The van der Waals surface area contributed by atoms with Gasteiger partial charge in [0.25, 0.3) is 0 Å². The van der Waals surface area contributed by atoms with Gasteiger partial charge in [0, 0.05) is 9.37 Å². The van der Waals surface area contributed by atoms with Gasteiger partial charge in [0.05, 0.1) is 22.1 Å². The molecular weight excluding hydrogens is 340 g/mol. The molecule has 0 spiro atoms. The van der Waals surface area contributed by atoms with E-state index in [0.717, 1.165) is 11.1 Å². The summed E-state index contributed by atoms with van der Waals surface area (Å²) in [6.45, 7) is 1.98. The lowest BCUT2D eigenvalue weighted by molar-refractivity contribution is 0.0695. The minimum Gasteiger partial charge on any atom is -0.478 e. The molecule has 2 aromatic rings. The van der Waals surface area contributed by atoms with Crippen LogP contribution in [0, 0.1) is 6.92 Å². The molecular formula is C15H13BrO3S. The molecule has 2 aromatic carbocycles. The number of rotatable bonds is 4. The van der Waals surface area contributed by atoms with E-state index in [4.69, 9.17) is 5.11 Å². The lowest BCUT2D eigenvalue weighted by Gasteiger charge is -2.06. The van der Waals surface area contributed by atoms with Crippen LogP contribution in [-0.2, 0) is 16.6 Å². The number of carbonyl (C=O) groups is 1. The van der Waals surface area contributed by atoms with Crippen molar-refractivity contribution in [2.75, 3.05) is 0 Å². The third-order valence-corrected chi connectivity index (χ3v) is 4.88. The molecule has 5 heteroatoms. The molecule has 20 heavy (non-hydrogen) atoms. The quantitative estimate of drug-likeness (QED) is 0.911. The molecule has 0 amide bonds. The van der Waals surface area contributed by atoms with Crippen molar-refractivity contribution in [2.24, 2.45) is 0 Å². The topological polar surface area (TPSA) is 54.4 Å². The van der Waals surface area contributed by atoms with Gasteiger partial charge in [0.15, 0.2) is 0 Å². The number of benzene rings is 2. The second-order valence-corrected chi connectivity index (χ2v) is 6.73. The number of aryl methyl sites for hydroxylation is 1. The minimum atomic E-state index is -1.26. The smallest absolute Gasteiger partial charge is 0.336 e. The second kappa shape index (κ2) is 6.33. The largest absolute Gasteiger partial charge is 0.478 e. The molecule has 3 nitrogen and oxygen atoms in total. The number of carboxylic acid groups (broad SMARTS) is 1. The van der Waals surface area contributed by atoms with Gasteiger partial charge in [-0.1, -0.05) is 29.8 Å². The molecule has 0 aliphatic rings. The van der Waals surface area contributed by atoms with Crippen molar-refractivity contribution >= 4 is 32.7 Å². The summed E-state index contributed by atoms with van der Waals surface area (Å²) in [4.78, 5) is 11.6. The highest BCUT2D eigenvalue weighted by atomic mass is 79.9. The zero-order valence-corrected chi connectivity index (χ0v) is 13.2. The van der Waals surface area contributed by atoms with Gasteiger partial charge >= 0.3 is 5.97 Å². The Kier molecular flexibility index (Phi) is 4.73. The molecule has 0 saturated carbocycles. The Hall–Kier alpha value is -1.46. The van der Waals surface area contributed by atoms with Crippen LogP contribution in [-0.4, -0.2) is 15.3 Å². The van der Waals surface area contributed by atoms with Gasteiger partial charge < -0.3 is 5.11 Å². The highest BCUT2D eigenvalue weighted by molar-refractivity contribution is 9.10. The number of aromatic carboxylic acids is 1. The van der Waals surface area contributed by atoms with Crippen LogP contribution in [0.3, 0.4) is 0 Å². The third-order valence-electron chi connectivity index (χ3n) is 2.81. The highest BCUT2D eigenvalue weighted by Gasteiger charge is 2.12. The van der Waals surface area contributed by atoms with Crippen molar-refractivity contribution in [3.05, 3.63) is 63.6 Å². The van der Waals surface area contributed by atoms with Gasteiger partial charge in [-0.05, 0) is 46.6 Å². The van der Waals surface area contributed by atoms with Crippen LogP contribution in [0.25, 0.3) is 0 Å². The van der Waals surface area contributed by atoms with Gasteiger partial charge in [0.2, 0.25) is 0 Å². The molecule has 1 atom stereocenters. The summed E-state index contributed by atoms with van der Waals surface area (Å²) in [7, 11) is -1.26. The van der Waals surface area contributed by atoms with E-state index < -0.39 is 16.8 Å². The molecule has 1 unspecified atom stereocenters. The van der Waals surface area contributed by atoms with E-state index >= 15 is 0 Å². The molecule has 0 aliphatic carbocycles. The first-order valence-corrected chi connectivity index (χ1v) is 8.05. The Bertz CT molecular complexity index is 683. The lowest BCUT2D eigenvalue weighted by atomic mass is 10.2. The average molecular weight is 353 g/mol. The summed E-state index contributed by atoms with van der Waals surface area (Å²) in [6.07, 6.45) is 0. The second-order valence-electron chi connectivity index (χ2n) is 4.43. The van der Waals surface area contributed by atoms with Crippen molar-refractivity contribution in [1.29, 1.82) is 0 Å². The maximum Gasteiger partial charge on any atom is 0.336 e. The standard InChI is InChI=1S/C15H13BrO3S/c1-10-3-2-4-11(7-10)9-20(19)12-5-6-14(16)13(8-12)15(17)18/h2-8H,9H2,1H3,(H,17,18). The molecule has 0 fully saturated rings. The zero-order chi connectivity index (χ0) is 14.7. The van der Waals surface area contributed by atoms with Gasteiger partial charge in [-0.25, -0.2) is 4.79 Å². The van der Waals surface area contributed by atoms with E-state index in [0.29, 0.717) is 15.1 Å². The van der Waals surface area contributed by atoms with E-state index in [1.54, 1.807) is 12.1 Å². The number of halogens is 1. The number of hydrogen-bond donors (Lipinski definition) is 1. The highest BCUT2D eigenvalue weighted by Crippen LogP contribution is 2.21. The summed E-state index contributed by atoms with van der Waals surface area (Å²) in [6, 6.07) is 12.6. The maximum atomic E-state index is 12.3. The molecule has 0 saturated heterocycles. The Morgan fingerprint density at radius 2 is 2.00 bits per heavy atom. The Morgan fingerprint density at radius 1 is 1.25 bits per heavy atom. The van der Waals surface area contributed by atoms with Crippen molar-refractivity contribution in [1.82, 2.24) is 0 Å². The van der Waals surface area contributed by atoms with Gasteiger partial charge in [-0.15, -0.1) is 0 Å². The Morgan fingerprint density at radius 3 is 2.65 bits per heavy atom. The fourth-order valence-corrected chi connectivity index (χ4v) is 3.38. The van der Waals surface area contributed by atoms with Crippen molar-refractivity contribution in [2.45, 2.75) is 17.6 Å². The maximum absolute atomic E-state index is 12.3. The van der Waals surface area contributed by atoms with Crippen LogP contribution in [0.15, 0.2) is 51.8 Å².